The number of nitrogens with one attached hydrogen (secondary N) is 1. The smallest absolute Gasteiger partial charge is 0.117 e. The lowest BCUT2D eigenvalue weighted by atomic mass is 9.82. The lowest BCUT2D eigenvalue weighted by Crippen LogP contribution is -2.35. The van der Waals surface area contributed by atoms with Crippen molar-refractivity contribution in [2.45, 2.75) is 32.4 Å². The molecule has 78 valence electrons. The fourth-order valence-corrected chi connectivity index (χ4v) is 1.85. The van der Waals surface area contributed by atoms with E-state index in [-0.39, 0.29) is 6.10 Å². The molecule has 0 saturated heterocycles. The largest absolute Gasteiger partial charge is 0.465 e. The molecular formula is C11H17NO2. The van der Waals surface area contributed by atoms with E-state index >= 15 is 0 Å². The number of aliphatic hydroxyl groups is 1. The predicted octanol–water partition coefficient (Wildman–Crippen LogP) is 1.45. The molecule has 1 aromatic rings. The second-order valence-corrected chi connectivity index (χ2v) is 4.13. The average Bonchev–Trinajstić information content (AvgIpc) is 2.48. The first-order chi connectivity index (χ1) is 6.74. The van der Waals surface area contributed by atoms with Crippen molar-refractivity contribution in [1.29, 1.82) is 0 Å². The molecule has 0 atom stereocenters. The van der Waals surface area contributed by atoms with Gasteiger partial charge in [-0.2, -0.15) is 0 Å². The Morgan fingerprint density at radius 1 is 1.50 bits per heavy atom. The summed E-state index contributed by atoms with van der Waals surface area (Å²) < 4.78 is 5.43. The van der Waals surface area contributed by atoms with Gasteiger partial charge in [-0.3, -0.25) is 0 Å². The Bertz CT molecular complexity index is 289. The van der Waals surface area contributed by atoms with Gasteiger partial charge in [0, 0.05) is 0 Å². The van der Waals surface area contributed by atoms with Crippen LogP contribution in [0.25, 0.3) is 0 Å². The number of hydrogen-bond acceptors (Lipinski definition) is 3. The number of hydrogen-bond donors (Lipinski definition) is 2. The van der Waals surface area contributed by atoms with E-state index in [2.05, 4.69) is 5.32 Å². The van der Waals surface area contributed by atoms with Gasteiger partial charge in [0.15, 0.2) is 0 Å². The SMILES string of the molecule is Cc1ccc(CNCC2CC(O)C2)o1. The number of aryl methyl sites for hydroxylation is 1. The first kappa shape index (κ1) is 9.74. The second kappa shape index (κ2) is 4.15. The molecule has 0 spiro atoms. The Labute approximate surface area is 84.1 Å². The summed E-state index contributed by atoms with van der Waals surface area (Å²) in [6, 6.07) is 3.97. The number of furan rings is 1. The lowest BCUT2D eigenvalue weighted by molar-refractivity contribution is 0.0428. The van der Waals surface area contributed by atoms with E-state index in [4.69, 9.17) is 9.52 Å². The van der Waals surface area contributed by atoms with Gasteiger partial charge in [-0.25, -0.2) is 0 Å². The van der Waals surface area contributed by atoms with Crippen molar-refractivity contribution in [2.24, 2.45) is 5.92 Å². The van der Waals surface area contributed by atoms with Crippen LogP contribution in [0.1, 0.15) is 24.4 Å². The van der Waals surface area contributed by atoms with Crippen molar-refractivity contribution in [3.8, 4) is 0 Å². The highest BCUT2D eigenvalue weighted by Crippen LogP contribution is 2.26. The van der Waals surface area contributed by atoms with Crippen molar-refractivity contribution in [2.75, 3.05) is 6.54 Å². The van der Waals surface area contributed by atoms with Crippen molar-refractivity contribution in [3.63, 3.8) is 0 Å². The van der Waals surface area contributed by atoms with E-state index < -0.39 is 0 Å². The van der Waals surface area contributed by atoms with Crippen LogP contribution in [-0.4, -0.2) is 17.8 Å². The number of aliphatic hydroxyl groups excluding tert-OH is 1. The third kappa shape index (κ3) is 2.36. The summed E-state index contributed by atoms with van der Waals surface area (Å²) in [6.45, 7) is 3.73. The maximum absolute atomic E-state index is 9.09. The van der Waals surface area contributed by atoms with Gasteiger partial charge in [-0.05, 0) is 44.4 Å². The molecule has 1 aromatic heterocycles. The van der Waals surface area contributed by atoms with E-state index in [0.717, 1.165) is 37.5 Å². The molecule has 0 aromatic carbocycles. The first-order valence-electron chi connectivity index (χ1n) is 5.18. The maximum atomic E-state index is 9.09. The monoisotopic (exact) mass is 195 g/mol. The molecule has 0 amide bonds. The van der Waals surface area contributed by atoms with Gasteiger partial charge < -0.3 is 14.8 Å². The summed E-state index contributed by atoms with van der Waals surface area (Å²) >= 11 is 0. The zero-order valence-electron chi connectivity index (χ0n) is 8.49. The normalized spacial score (nSPS) is 26.1. The molecule has 3 nitrogen and oxygen atoms in total. The number of rotatable bonds is 4. The molecule has 3 heteroatoms. The zero-order valence-corrected chi connectivity index (χ0v) is 8.49. The van der Waals surface area contributed by atoms with E-state index in [9.17, 15) is 0 Å². The van der Waals surface area contributed by atoms with Gasteiger partial charge in [-0.1, -0.05) is 0 Å². The fourth-order valence-electron chi connectivity index (χ4n) is 1.85. The Balaban J connectivity index is 1.63. The van der Waals surface area contributed by atoms with Crippen molar-refractivity contribution in [3.05, 3.63) is 23.7 Å². The summed E-state index contributed by atoms with van der Waals surface area (Å²) in [7, 11) is 0. The lowest BCUT2D eigenvalue weighted by Gasteiger charge is -2.31. The van der Waals surface area contributed by atoms with Gasteiger partial charge in [-0.15, -0.1) is 0 Å². The van der Waals surface area contributed by atoms with Crippen molar-refractivity contribution >= 4 is 0 Å². The van der Waals surface area contributed by atoms with E-state index in [0.29, 0.717) is 5.92 Å². The Kier molecular flexibility index (Phi) is 2.89. The zero-order chi connectivity index (χ0) is 9.97. The standard InChI is InChI=1S/C11H17NO2/c1-8-2-3-11(14-8)7-12-6-9-4-10(13)5-9/h2-3,9-10,12-13H,4-7H2,1H3. The molecule has 1 fully saturated rings. The van der Waals surface area contributed by atoms with Gasteiger partial charge in [0.1, 0.15) is 11.5 Å². The van der Waals surface area contributed by atoms with Crippen LogP contribution in [0.15, 0.2) is 16.5 Å². The van der Waals surface area contributed by atoms with E-state index in [1.54, 1.807) is 0 Å². The van der Waals surface area contributed by atoms with Crippen LogP contribution in [0.4, 0.5) is 0 Å². The van der Waals surface area contributed by atoms with Crippen molar-refractivity contribution in [1.82, 2.24) is 5.32 Å². The summed E-state index contributed by atoms with van der Waals surface area (Å²) in [4.78, 5) is 0. The molecule has 1 saturated carbocycles. The molecule has 1 heterocycles. The van der Waals surface area contributed by atoms with Crippen LogP contribution < -0.4 is 5.32 Å². The fraction of sp³-hybridized carbons (Fsp3) is 0.636. The highest BCUT2D eigenvalue weighted by Gasteiger charge is 2.26. The van der Waals surface area contributed by atoms with Crippen LogP contribution in [-0.2, 0) is 6.54 Å². The quantitative estimate of drug-likeness (QED) is 0.764. The molecule has 1 aliphatic carbocycles. The minimum atomic E-state index is -0.0485. The van der Waals surface area contributed by atoms with Crippen LogP contribution in [0.5, 0.6) is 0 Å². The van der Waals surface area contributed by atoms with Crippen LogP contribution in [0.2, 0.25) is 0 Å². The maximum Gasteiger partial charge on any atom is 0.117 e. The molecule has 2 N–H and O–H groups in total. The Hall–Kier alpha value is -0.800. The molecule has 1 aliphatic rings. The summed E-state index contributed by atoms with van der Waals surface area (Å²) in [5, 5.41) is 12.4. The van der Waals surface area contributed by atoms with Crippen LogP contribution in [0.3, 0.4) is 0 Å². The summed E-state index contributed by atoms with van der Waals surface area (Å²) in [5.41, 5.74) is 0. The highest BCUT2D eigenvalue weighted by atomic mass is 16.3. The summed E-state index contributed by atoms with van der Waals surface area (Å²) in [6.07, 6.45) is 1.85. The molecule has 2 rings (SSSR count). The van der Waals surface area contributed by atoms with Crippen LogP contribution >= 0.6 is 0 Å². The average molecular weight is 195 g/mol. The van der Waals surface area contributed by atoms with Crippen molar-refractivity contribution < 1.29 is 9.52 Å². The van der Waals surface area contributed by atoms with Gasteiger partial charge in [0.05, 0.1) is 12.6 Å². The molecule has 0 aliphatic heterocycles. The molecule has 0 unspecified atom stereocenters. The minimum absolute atomic E-state index is 0.0485. The third-order valence-electron chi connectivity index (χ3n) is 2.74. The predicted molar refractivity (Wildman–Crippen MR) is 53.9 cm³/mol. The van der Waals surface area contributed by atoms with E-state index in [1.807, 2.05) is 19.1 Å². The molecule has 0 bridgehead atoms. The Morgan fingerprint density at radius 3 is 2.86 bits per heavy atom. The summed E-state index contributed by atoms with van der Waals surface area (Å²) in [5.74, 6) is 2.60. The Morgan fingerprint density at radius 2 is 2.29 bits per heavy atom. The van der Waals surface area contributed by atoms with Gasteiger partial charge in [0.2, 0.25) is 0 Å². The van der Waals surface area contributed by atoms with Gasteiger partial charge >= 0.3 is 0 Å². The first-order valence-corrected chi connectivity index (χ1v) is 5.18. The highest BCUT2D eigenvalue weighted by molar-refractivity contribution is 5.05. The minimum Gasteiger partial charge on any atom is -0.465 e. The molecule has 0 radical (unpaired) electrons. The van der Waals surface area contributed by atoms with E-state index in [1.165, 1.54) is 0 Å². The molecule has 14 heavy (non-hydrogen) atoms. The topological polar surface area (TPSA) is 45.4 Å². The third-order valence-corrected chi connectivity index (χ3v) is 2.74. The van der Waals surface area contributed by atoms with Gasteiger partial charge in [0.25, 0.3) is 0 Å². The second-order valence-electron chi connectivity index (χ2n) is 4.13. The molecular weight excluding hydrogens is 178 g/mol. The van der Waals surface area contributed by atoms with Crippen LogP contribution in [0, 0.1) is 12.8 Å².